The van der Waals surface area contributed by atoms with Crippen LogP contribution >= 0.6 is 0 Å². The molecule has 5 rings (SSSR count). The van der Waals surface area contributed by atoms with Gasteiger partial charge in [0.15, 0.2) is 5.88 Å². The molecule has 4 heteroatoms. The summed E-state index contributed by atoms with van der Waals surface area (Å²) in [5, 5.41) is 12.5. The molecule has 140 valence electrons. The second-order valence-corrected chi connectivity index (χ2v) is 6.93. The van der Waals surface area contributed by atoms with E-state index in [1.54, 1.807) is 12.1 Å². The lowest BCUT2D eigenvalue weighted by Crippen LogP contribution is -1.85. The predicted molar refractivity (Wildman–Crippen MR) is 116 cm³/mol. The highest BCUT2D eigenvalue weighted by Gasteiger charge is 2.14. The molecule has 0 radical (unpaired) electrons. The number of H-pyrrole nitrogens is 1. The minimum absolute atomic E-state index is 0.0995. The number of fused-ring (bicyclic) bond motifs is 2. The number of nitrogens with zero attached hydrogens (tertiary/aromatic N) is 1. The molecule has 3 aromatic carbocycles. The fourth-order valence-electron chi connectivity index (χ4n) is 3.53. The molecule has 0 bridgehead atoms. The summed E-state index contributed by atoms with van der Waals surface area (Å²) < 4.78 is 13.1. The molecule has 2 N–H and O–H groups in total. The van der Waals surface area contributed by atoms with E-state index < -0.39 is 0 Å². The third-order valence-electron chi connectivity index (χ3n) is 5.00. The molecular formula is C25H17FN2O. The molecule has 5 aromatic rings. The molecule has 0 fully saturated rings. The van der Waals surface area contributed by atoms with E-state index in [2.05, 4.69) is 4.98 Å². The van der Waals surface area contributed by atoms with Gasteiger partial charge in [-0.05, 0) is 47.5 Å². The Hall–Kier alpha value is -3.92. The largest absolute Gasteiger partial charge is 0.494 e. The van der Waals surface area contributed by atoms with Gasteiger partial charge in [-0.15, -0.1) is 0 Å². The van der Waals surface area contributed by atoms with Gasteiger partial charge >= 0.3 is 0 Å². The van der Waals surface area contributed by atoms with E-state index in [1.807, 2.05) is 66.7 Å². The van der Waals surface area contributed by atoms with Gasteiger partial charge in [0.05, 0.1) is 16.8 Å². The van der Waals surface area contributed by atoms with Crippen molar-refractivity contribution in [2.24, 2.45) is 0 Å². The van der Waals surface area contributed by atoms with Gasteiger partial charge in [-0.3, -0.25) is 0 Å². The molecule has 0 unspecified atom stereocenters. The first-order valence-corrected chi connectivity index (χ1v) is 9.32. The lowest BCUT2D eigenvalue weighted by atomic mass is 10.0. The Labute approximate surface area is 166 Å². The monoisotopic (exact) mass is 380 g/mol. The van der Waals surface area contributed by atoms with Gasteiger partial charge in [0.1, 0.15) is 5.82 Å². The van der Waals surface area contributed by atoms with Crippen molar-refractivity contribution in [1.82, 2.24) is 9.97 Å². The van der Waals surface area contributed by atoms with E-state index in [-0.39, 0.29) is 11.7 Å². The number of benzene rings is 3. The van der Waals surface area contributed by atoms with Crippen molar-refractivity contribution in [1.29, 1.82) is 0 Å². The van der Waals surface area contributed by atoms with E-state index >= 15 is 0 Å². The minimum Gasteiger partial charge on any atom is -0.494 e. The van der Waals surface area contributed by atoms with Crippen molar-refractivity contribution in [3.8, 4) is 17.1 Å². The van der Waals surface area contributed by atoms with Gasteiger partial charge < -0.3 is 10.1 Å². The van der Waals surface area contributed by atoms with E-state index in [9.17, 15) is 9.50 Å². The first-order valence-electron chi connectivity index (χ1n) is 9.32. The molecule has 3 nitrogen and oxygen atoms in total. The van der Waals surface area contributed by atoms with Crippen molar-refractivity contribution >= 4 is 34.0 Å². The molecule has 0 aliphatic heterocycles. The second kappa shape index (κ2) is 6.91. The van der Waals surface area contributed by atoms with Crippen LogP contribution in [0.3, 0.4) is 0 Å². The van der Waals surface area contributed by atoms with Crippen LogP contribution in [0.15, 0.2) is 78.9 Å². The molecule has 0 aliphatic rings. The average Bonchev–Trinajstić information content (AvgIpc) is 3.08. The van der Waals surface area contributed by atoms with Crippen LogP contribution in [0, 0.1) is 5.82 Å². The third-order valence-corrected chi connectivity index (χ3v) is 5.00. The third kappa shape index (κ3) is 3.25. The van der Waals surface area contributed by atoms with Crippen molar-refractivity contribution in [2.45, 2.75) is 0 Å². The molecule has 0 saturated carbocycles. The highest BCUT2D eigenvalue weighted by atomic mass is 19.1. The van der Waals surface area contributed by atoms with Crippen LogP contribution in [0.4, 0.5) is 4.39 Å². The van der Waals surface area contributed by atoms with Gasteiger partial charge in [-0.2, -0.15) is 0 Å². The van der Waals surface area contributed by atoms with Crippen LogP contribution in [-0.2, 0) is 0 Å². The van der Waals surface area contributed by atoms with E-state index in [1.165, 1.54) is 12.1 Å². The number of hydrogen-bond acceptors (Lipinski definition) is 2. The molecule has 0 aliphatic carbocycles. The van der Waals surface area contributed by atoms with E-state index in [4.69, 9.17) is 4.98 Å². The van der Waals surface area contributed by atoms with Crippen LogP contribution in [0.25, 0.3) is 45.2 Å². The predicted octanol–water partition coefficient (Wildman–Crippen LogP) is 6.40. The topological polar surface area (TPSA) is 48.9 Å². The van der Waals surface area contributed by atoms with Crippen LogP contribution in [-0.4, -0.2) is 15.1 Å². The lowest BCUT2D eigenvalue weighted by molar-refractivity contribution is 0.460. The molecule has 2 aromatic heterocycles. The van der Waals surface area contributed by atoms with Crippen molar-refractivity contribution in [3.63, 3.8) is 0 Å². The highest BCUT2D eigenvalue weighted by Crippen LogP contribution is 2.37. The lowest BCUT2D eigenvalue weighted by Gasteiger charge is -2.03. The Kier molecular flexibility index (Phi) is 4.10. The Morgan fingerprint density at radius 1 is 0.828 bits per heavy atom. The smallest absolute Gasteiger partial charge is 0.199 e. The summed E-state index contributed by atoms with van der Waals surface area (Å²) in [6.45, 7) is 0. The zero-order valence-corrected chi connectivity index (χ0v) is 15.4. The minimum atomic E-state index is -0.251. The molecular weight excluding hydrogens is 363 g/mol. The molecule has 2 heterocycles. The number of hydrogen-bond donors (Lipinski definition) is 2. The quantitative estimate of drug-likeness (QED) is 0.356. The number of aromatic hydroxyl groups is 1. The molecule has 0 amide bonds. The number of aromatic amines is 1. The number of nitrogens with one attached hydrogen (secondary N) is 1. The number of para-hydroxylation sites is 1. The summed E-state index contributed by atoms with van der Waals surface area (Å²) in [4.78, 5) is 7.76. The molecule has 29 heavy (non-hydrogen) atoms. The van der Waals surface area contributed by atoms with Gasteiger partial charge in [-0.1, -0.05) is 54.6 Å². The normalized spacial score (nSPS) is 11.6. The summed E-state index contributed by atoms with van der Waals surface area (Å²) in [6.07, 6.45) is 3.90. The van der Waals surface area contributed by atoms with E-state index in [0.717, 1.165) is 32.9 Å². The Morgan fingerprint density at radius 2 is 1.59 bits per heavy atom. The number of pyridine rings is 1. The van der Waals surface area contributed by atoms with E-state index in [0.29, 0.717) is 11.3 Å². The Morgan fingerprint density at radius 3 is 2.45 bits per heavy atom. The maximum absolute atomic E-state index is 13.1. The molecule has 0 spiro atoms. The average molecular weight is 380 g/mol. The van der Waals surface area contributed by atoms with Crippen LogP contribution in [0.2, 0.25) is 0 Å². The number of rotatable bonds is 3. The van der Waals surface area contributed by atoms with Gasteiger partial charge in [0, 0.05) is 16.3 Å². The van der Waals surface area contributed by atoms with Gasteiger partial charge in [-0.25, -0.2) is 9.37 Å². The van der Waals surface area contributed by atoms with Gasteiger partial charge in [0.25, 0.3) is 0 Å². The summed E-state index contributed by atoms with van der Waals surface area (Å²) in [5.41, 5.74) is 5.01. The Balaban J connectivity index is 1.59. The SMILES string of the molecule is Oc1[nH]c2ccc(/C=C/c3ccc(F)cc3)cc2c1-c1ccc2ccccc2n1. The zero-order chi connectivity index (χ0) is 19.8. The summed E-state index contributed by atoms with van der Waals surface area (Å²) in [7, 11) is 0. The van der Waals surface area contributed by atoms with Gasteiger partial charge in [0.2, 0.25) is 0 Å². The van der Waals surface area contributed by atoms with Crippen molar-refractivity contribution in [2.75, 3.05) is 0 Å². The van der Waals surface area contributed by atoms with Crippen LogP contribution < -0.4 is 0 Å². The molecule has 0 saturated heterocycles. The summed E-state index contributed by atoms with van der Waals surface area (Å²) in [5.74, 6) is -0.152. The molecule has 0 atom stereocenters. The maximum atomic E-state index is 13.1. The number of halogens is 1. The first kappa shape index (κ1) is 17.2. The van der Waals surface area contributed by atoms with Crippen LogP contribution in [0.5, 0.6) is 5.88 Å². The number of aromatic nitrogens is 2. The standard InChI is InChI=1S/C25H17FN2O/c26-19-11-7-16(8-12-19)5-6-17-9-13-22-20(15-17)24(25(29)28-22)23-14-10-18-3-1-2-4-21(18)27-23/h1-15,28-29H/b6-5+. The fraction of sp³-hybridized carbons (Fsp3) is 0. The maximum Gasteiger partial charge on any atom is 0.199 e. The summed E-state index contributed by atoms with van der Waals surface area (Å²) >= 11 is 0. The first-order chi connectivity index (χ1) is 14.2. The summed E-state index contributed by atoms with van der Waals surface area (Å²) in [6, 6.07) is 24.1. The second-order valence-electron chi connectivity index (χ2n) is 6.93. The van der Waals surface area contributed by atoms with Crippen LogP contribution in [0.1, 0.15) is 11.1 Å². The van der Waals surface area contributed by atoms with Crippen molar-refractivity contribution < 1.29 is 9.50 Å². The zero-order valence-electron chi connectivity index (χ0n) is 15.4. The van der Waals surface area contributed by atoms with Crippen molar-refractivity contribution in [3.05, 3.63) is 95.8 Å². The highest BCUT2D eigenvalue weighted by molar-refractivity contribution is 6.00. The Bertz CT molecular complexity index is 1370. The fourth-order valence-corrected chi connectivity index (χ4v) is 3.53.